The molecule has 1 aliphatic carbocycles. The topological polar surface area (TPSA) is 110 Å². The molecule has 10 heteroatoms. The summed E-state index contributed by atoms with van der Waals surface area (Å²) in [5, 5.41) is 17.5. The van der Waals surface area contributed by atoms with Gasteiger partial charge in [0.25, 0.3) is 11.5 Å². The highest BCUT2D eigenvalue weighted by molar-refractivity contribution is 7.98. The van der Waals surface area contributed by atoms with Gasteiger partial charge in [0.1, 0.15) is 17.0 Å². The number of aromatic amines is 1. The summed E-state index contributed by atoms with van der Waals surface area (Å²) in [4.78, 5) is 28.0. The smallest absolute Gasteiger partial charge is 0.259 e. The molecule has 1 fully saturated rings. The molecular formula is C22H25N7O2S. The van der Waals surface area contributed by atoms with E-state index in [0.717, 1.165) is 23.8 Å². The average Bonchev–Trinajstić information content (AvgIpc) is 3.56. The minimum absolute atomic E-state index is 0.238. The lowest BCUT2D eigenvalue weighted by Gasteiger charge is -2.16. The van der Waals surface area contributed by atoms with Crippen LogP contribution in [0.2, 0.25) is 0 Å². The third-order valence-electron chi connectivity index (χ3n) is 6.09. The SMILES string of the molecule is CSc1nnc(CCCNC(=O)c2cnn3c2[nH]c(=O)c2ccccc23)n1C1CCCC1. The van der Waals surface area contributed by atoms with Gasteiger partial charge in [-0.15, -0.1) is 10.2 Å². The highest BCUT2D eigenvalue weighted by Gasteiger charge is 2.23. The minimum Gasteiger partial charge on any atom is -0.352 e. The van der Waals surface area contributed by atoms with Gasteiger partial charge in [-0.1, -0.05) is 36.7 Å². The van der Waals surface area contributed by atoms with E-state index in [1.54, 1.807) is 28.4 Å². The van der Waals surface area contributed by atoms with E-state index in [1.165, 1.54) is 31.9 Å². The Bertz CT molecular complexity index is 1330. The Hall–Kier alpha value is -3.14. The fourth-order valence-electron chi connectivity index (χ4n) is 4.53. The Morgan fingerprint density at radius 2 is 2.06 bits per heavy atom. The van der Waals surface area contributed by atoms with Crippen LogP contribution < -0.4 is 10.9 Å². The van der Waals surface area contributed by atoms with Crippen LogP contribution in [0.25, 0.3) is 16.6 Å². The molecule has 166 valence electrons. The number of carbonyl (C=O) groups excluding carboxylic acids is 1. The first kappa shape index (κ1) is 20.7. The first-order chi connectivity index (χ1) is 15.7. The minimum atomic E-state index is -0.256. The molecule has 3 aromatic heterocycles. The van der Waals surface area contributed by atoms with Crippen LogP contribution in [-0.4, -0.2) is 48.1 Å². The number of nitrogens with one attached hydrogen (secondary N) is 2. The van der Waals surface area contributed by atoms with Crippen LogP contribution in [0.3, 0.4) is 0 Å². The van der Waals surface area contributed by atoms with Gasteiger partial charge in [-0.05, 0) is 37.7 Å². The van der Waals surface area contributed by atoms with E-state index in [4.69, 9.17) is 0 Å². The summed E-state index contributed by atoms with van der Waals surface area (Å²) in [6.45, 7) is 0.500. The molecule has 3 heterocycles. The van der Waals surface area contributed by atoms with E-state index >= 15 is 0 Å². The van der Waals surface area contributed by atoms with E-state index in [1.807, 2.05) is 18.4 Å². The van der Waals surface area contributed by atoms with Crippen molar-refractivity contribution in [1.29, 1.82) is 0 Å². The first-order valence-electron chi connectivity index (χ1n) is 10.9. The molecule has 9 nitrogen and oxygen atoms in total. The Morgan fingerprint density at radius 3 is 2.88 bits per heavy atom. The molecule has 5 rings (SSSR count). The van der Waals surface area contributed by atoms with Crippen molar-refractivity contribution < 1.29 is 4.79 Å². The van der Waals surface area contributed by atoms with Crippen molar-refractivity contribution in [3.05, 3.63) is 52.2 Å². The van der Waals surface area contributed by atoms with Crippen molar-refractivity contribution in [3.8, 4) is 0 Å². The predicted molar refractivity (Wildman–Crippen MR) is 123 cm³/mol. The monoisotopic (exact) mass is 451 g/mol. The van der Waals surface area contributed by atoms with Crippen LogP contribution in [0.4, 0.5) is 0 Å². The van der Waals surface area contributed by atoms with Crippen molar-refractivity contribution in [2.45, 2.75) is 49.7 Å². The summed E-state index contributed by atoms with van der Waals surface area (Å²) in [5.41, 5.74) is 1.18. The molecular weight excluding hydrogens is 426 g/mol. The van der Waals surface area contributed by atoms with Crippen LogP contribution >= 0.6 is 11.8 Å². The second-order valence-corrected chi connectivity index (χ2v) is 8.83. The zero-order valence-electron chi connectivity index (χ0n) is 17.9. The van der Waals surface area contributed by atoms with Crippen molar-refractivity contribution in [1.82, 2.24) is 34.7 Å². The fraction of sp³-hybridized carbons (Fsp3) is 0.409. The fourth-order valence-corrected chi connectivity index (χ4v) is 5.11. The summed E-state index contributed by atoms with van der Waals surface area (Å²) in [6.07, 6.45) is 9.89. The second-order valence-electron chi connectivity index (χ2n) is 8.06. The summed E-state index contributed by atoms with van der Waals surface area (Å²) in [7, 11) is 0. The zero-order chi connectivity index (χ0) is 22.1. The van der Waals surface area contributed by atoms with E-state index in [0.29, 0.717) is 34.7 Å². The zero-order valence-corrected chi connectivity index (χ0v) is 18.7. The van der Waals surface area contributed by atoms with Gasteiger partial charge >= 0.3 is 0 Å². The van der Waals surface area contributed by atoms with Gasteiger partial charge in [-0.25, -0.2) is 4.52 Å². The Morgan fingerprint density at radius 1 is 1.25 bits per heavy atom. The number of aromatic nitrogens is 6. The molecule has 0 spiro atoms. The summed E-state index contributed by atoms with van der Waals surface area (Å²) in [5.74, 6) is 0.732. The number of rotatable bonds is 7. The van der Waals surface area contributed by atoms with Gasteiger partial charge < -0.3 is 14.9 Å². The summed E-state index contributed by atoms with van der Waals surface area (Å²) in [6, 6.07) is 7.69. The number of hydrogen-bond donors (Lipinski definition) is 2. The number of thioether (sulfide) groups is 1. The molecule has 1 aliphatic rings. The van der Waals surface area contributed by atoms with E-state index in [9.17, 15) is 9.59 Å². The molecule has 2 N–H and O–H groups in total. The summed E-state index contributed by atoms with van der Waals surface area (Å²) >= 11 is 1.63. The number of fused-ring (bicyclic) bond motifs is 3. The van der Waals surface area contributed by atoms with Crippen molar-refractivity contribution in [3.63, 3.8) is 0 Å². The Balaban J connectivity index is 1.27. The Kier molecular flexibility index (Phi) is 5.69. The van der Waals surface area contributed by atoms with Crippen LogP contribution in [-0.2, 0) is 6.42 Å². The Labute approximate surface area is 188 Å². The largest absolute Gasteiger partial charge is 0.352 e. The molecule has 1 saturated carbocycles. The van der Waals surface area contributed by atoms with Crippen molar-refractivity contribution >= 4 is 34.2 Å². The normalized spacial score (nSPS) is 14.5. The van der Waals surface area contributed by atoms with E-state index < -0.39 is 0 Å². The molecule has 4 aromatic rings. The van der Waals surface area contributed by atoms with E-state index in [-0.39, 0.29) is 11.5 Å². The van der Waals surface area contributed by atoms with Gasteiger partial charge in [0, 0.05) is 19.0 Å². The number of para-hydroxylation sites is 1. The molecule has 1 amide bonds. The number of carbonyl (C=O) groups is 1. The lowest BCUT2D eigenvalue weighted by molar-refractivity contribution is 0.0954. The van der Waals surface area contributed by atoms with Gasteiger partial charge in [0.2, 0.25) is 0 Å². The quantitative estimate of drug-likeness (QED) is 0.330. The molecule has 0 bridgehead atoms. The number of aryl methyl sites for hydroxylation is 1. The van der Waals surface area contributed by atoms with Gasteiger partial charge in [-0.2, -0.15) is 5.10 Å². The predicted octanol–water partition coefficient (Wildman–Crippen LogP) is 2.97. The number of H-pyrrole nitrogens is 1. The van der Waals surface area contributed by atoms with Gasteiger partial charge in [-0.3, -0.25) is 9.59 Å². The van der Waals surface area contributed by atoms with Crippen LogP contribution in [0, 0.1) is 0 Å². The number of amides is 1. The maximum atomic E-state index is 12.8. The van der Waals surface area contributed by atoms with Crippen LogP contribution in [0.5, 0.6) is 0 Å². The first-order valence-corrected chi connectivity index (χ1v) is 12.1. The highest BCUT2D eigenvalue weighted by Crippen LogP contribution is 2.33. The van der Waals surface area contributed by atoms with Crippen molar-refractivity contribution in [2.24, 2.45) is 0 Å². The molecule has 0 atom stereocenters. The van der Waals surface area contributed by atoms with Crippen molar-refractivity contribution in [2.75, 3.05) is 12.8 Å². The second kappa shape index (κ2) is 8.78. The van der Waals surface area contributed by atoms with E-state index in [2.05, 4.69) is 30.2 Å². The molecule has 0 unspecified atom stereocenters. The number of hydrogen-bond acceptors (Lipinski definition) is 6. The molecule has 1 aromatic carbocycles. The third-order valence-corrected chi connectivity index (χ3v) is 6.74. The lowest BCUT2D eigenvalue weighted by atomic mass is 10.2. The maximum absolute atomic E-state index is 12.8. The summed E-state index contributed by atoms with van der Waals surface area (Å²) < 4.78 is 3.89. The average molecular weight is 452 g/mol. The third kappa shape index (κ3) is 3.68. The molecule has 0 radical (unpaired) electrons. The molecule has 0 aliphatic heterocycles. The van der Waals surface area contributed by atoms with Crippen LogP contribution in [0.15, 0.2) is 40.4 Å². The van der Waals surface area contributed by atoms with Gasteiger partial charge in [0.05, 0.1) is 17.1 Å². The highest BCUT2D eigenvalue weighted by atomic mass is 32.2. The molecule has 32 heavy (non-hydrogen) atoms. The molecule has 0 saturated heterocycles. The maximum Gasteiger partial charge on any atom is 0.259 e. The standard InChI is InChI=1S/C22H25N7O2S/c1-32-22-27-26-18(28(22)14-7-2-3-8-14)11-6-12-23-20(30)16-13-24-29-17-10-5-4-9-15(17)21(31)25-19(16)29/h4-5,9-10,13-14H,2-3,6-8,11-12H2,1H3,(H,23,30)(H,25,31). The number of nitrogens with zero attached hydrogens (tertiary/aromatic N) is 5. The lowest BCUT2D eigenvalue weighted by Crippen LogP contribution is -2.25. The van der Waals surface area contributed by atoms with Gasteiger partial charge in [0.15, 0.2) is 5.16 Å². The van der Waals surface area contributed by atoms with Crippen LogP contribution in [0.1, 0.15) is 54.3 Å². The number of benzene rings is 1.